The quantitative estimate of drug-likeness (QED) is 0.248. The van der Waals surface area contributed by atoms with E-state index in [2.05, 4.69) is 15.8 Å². The Morgan fingerprint density at radius 1 is 1.07 bits per heavy atom. The van der Waals surface area contributed by atoms with Crippen LogP contribution in [0.2, 0.25) is 0 Å². The number of carbonyl (C=O) groups excluding carboxylic acids is 2. The summed E-state index contributed by atoms with van der Waals surface area (Å²) in [6.07, 6.45) is 2.51. The second-order valence-corrected chi connectivity index (χ2v) is 7.99. The van der Waals surface area contributed by atoms with E-state index in [-0.39, 0.29) is 11.5 Å². The van der Waals surface area contributed by atoms with Crippen molar-refractivity contribution in [1.82, 2.24) is 10.7 Å². The van der Waals surface area contributed by atoms with Gasteiger partial charge in [0.05, 0.1) is 6.21 Å². The summed E-state index contributed by atoms with van der Waals surface area (Å²) in [6.45, 7) is 0. The van der Waals surface area contributed by atoms with Crippen LogP contribution in [0.4, 0.5) is 0 Å². The van der Waals surface area contributed by atoms with Crippen LogP contribution in [0.25, 0.3) is 6.08 Å². The van der Waals surface area contributed by atoms with Gasteiger partial charge in [-0.25, -0.2) is 13.8 Å². The molecule has 1 aromatic carbocycles. The fraction of sp³-hybridized carbons (Fsp3) is 0. The topological polar surface area (TPSA) is 141 Å². The van der Waals surface area contributed by atoms with Crippen LogP contribution in [-0.2, 0) is 14.9 Å². The Kier molecular flexibility index (Phi) is 6.57. The highest BCUT2D eigenvalue weighted by Gasteiger charge is 2.14. The van der Waals surface area contributed by atoms with Gasteiger partial charge in [-0.1, -0.05) is 24.3 Å². The molecule has 30 heavy (non-hydrogen) atoms. The predicted octanol–water partition coefficient (Wildman–Crippen LogP) is 2.17. The second-order valence-electron chi connectivity index (χ2n) is 5.70. The van der Waals surface area contributed by atoms with Crippen molar-refractivity contribution >= 4 is 45.6 Å². The molecule has 2 aromatic heterocycles. The molecule has 0 spiro atoms. The Labute approximate surface area is 175 Å². The summed E-state index contributed by atoms with van der Waals surface area (Å²) in [7, 11) is -4.73. The average Bonchev–Trinajstić information content (AvgIpc) is 3.40. The average molecular weight is 444 g/mol. The summed E-state index contributed by atoms with van der Waals surface area (Å²) in [6, 6.07) is 14.1. The van der Waals surface area contributed by atoms with Crippen LogP contribution in [0.1, 0.15) is 21.0 Å². The zero-order valence-electron chi connectivity index (χ0n) is 15.1. The van der Waals surface area contributed by atoms with Crippen molar-refractivity contribution in [1.29, 1.82) is 0 Å². The SMILES string of the molecule is O=C(N/N=C/c1ccc(S(=O)(=O)[O-])o1)/C(=C\c1cccs1)NC(=O)c1ccccc1. The van der Waals surface area contributed by atoms with Crippen LogP contribution in [0.3, 0.4) is 0 Å². The lowest BCUT2D eigenvalue weighted by Crippen LogP contribution is -2.32. The molecule has 2 heterocycles. The number of rotatable bonds is 7. The van der Waals surface area contributed by atoms with Gasteiger partial charge in [-0.15, -0.1) is 11.3 Å². The lowest BCUT2D eigenvalue weighted by molar-refractivity contribution is -0.117. The molecular weight excluding hydrogens is 430 g/mol. The standard InChI is InChI=1S/C19H15N3O6S2/c23-18(13-5-2-1-3-6-13)21-16(11-15-7-4-10-29-15)19(24)22-20-12-14-8-9-17(28-14)30(25,26)27/h1-12H,(H,21,23)(H,22,24)(H,25,26,27)/p-1/b16-11+,20-12+. The molecule has 9 nitrogen and oxygen atoms in total. The molecule has 0 aliphatic rings. The first-order valence-electron chi connectivity index (χ1n) is 8.33. The van der Waals surface area contributed by atoms with Crippen molar-refractivity contribution in [2.75, 3.05) is 0 Å². The Hall–Kier alpha value is -3.54. The number of hydrazone groups is 1. The first-order chi connectivity index (χ1) is 14.3. The number of hydrogen-bond acceptors (Lipinski definition) is 8. The minimum atomic E-state index is -4.73. The monoisotopic (exact) mass is 444 g/mol. The summed E-state index contributed by atoms with van der Waals surface area (Å²) in [5.41, 5.74) is 2.53. The van der Waals surface area contributed by atoms with Crippen molar-refractivity contribution < 1.29 is 27.0 Å². The fourth-order valence-corrected chi connectivity index (χ4v) is 3.30. The number of nitrogens with one attached hydrogen (secondary N) is 2. The third-order valence-electron chi connectivity index (χ3n) is 3.56. The molecule has 3 rings (SSSR count). The maximum Gasteiger partial charge on any atom is 0.287 e. The van der Waals surface area contributed by atoms with Gasteiger partial charge in [0.25, 0.3) is 11.8 Å². The third-order valence-corrected chi connectivity index (χ3v) is 5.10. The normalized spacial score (nSPS) is 12.1. The lowest BCUT2D eigenvalue weighted by atomic mass is 10.2. The Morgan fingerprint density at radius 2 is 1.83 bits per heavy atom. The highest BCUT2D eigenvalue weighted by atomic mass is 32.2. The molecule has 0 saturated carbocycles. The van der Waals surface area contributed by atoms with Gasteiger partial charge in [-0.2, -0.15) is 5.10 Å². The van der Waals surface area contributed by atoms with Crippen LogP contribution in [0.5, 0.6) is 0 Å². The van der Waals surface area contributed by atoms with Gasteiger partial charge in [0.2, 0.25) is 5.09 Å². The summed E-state index contributed by atoms with van der Waals surface area (Å²) >= 11 is 1.37. The van der Waals surface area contributed by atoms with E-state index in [1.54, 1.807) is 42.5 Å². The molecule has 11 heteroatoms. The van der Waals surface area contributed by atoms with Crippen molar-refractivity contribution in [3.8, 4) is 0 Å². The Bertz CT molecular complexity index is 1200. The minimum absolute atomic E-state index is 0.0503. The van der Waals surface area contributed by atoms with Gasteiger partial charge in [0, 0.05) is 10.4 Å². The van der Waals surface area contributed by atoms with Gasteiger partial charge >= 0.3 is 0 Å². The van der Waals surface area contributed by atoms with Crippen molar-refractivity contribution in [2.45, 2.75) is 5.09 Å². The van der Waals surface area contributed by atoms with E-state index in [1.165, 1.54) is 23.5 Å². The summed E-state index contributed by atoms with van der Waals surface area (Å²) < 4.78 is 37.4. The maximum atomic E-state index is 12.5. The van der Waals surface area contributed by atoms with Crippen LogP contribution < -0.4 is 10.7 Å². The van der Waals surface area contributed by atoms with Crippen LogP contribution in [-0.4, -0.2) is 31.0 Å². The molecular formula is C19H14N3O6S2-. The van der Waals surface area contributed by atoms with Gasteiger partial charge in [0.1, 0.15) is 11.5 Å². The van der Waals surface area contributed by atoms with Crippen LogP contribution >= 0.6 is 11.3 Å². The number of benzene rings is 1. The first kappa shape index (κ1) is 21.2. The number of nitrogens with zero attached hydrogens (tertiary/aromatic N) is 1. The zero-order valence-corrected chi connectivity index (χ0v) is 16.8. The van der Waals surface area contributed by atoms with E-state index in [4.69, 9.17) is 4.42 Å². The van der Waals surface area contributed by atoms with Crippen LogP contribution in [0, 0.1) is 0 Å². The number of furan rings is 1. The van der Waals surface area contributed by atoms with Crippen molar-refractivity contribution in [2.24, 2.45) is 5.10 Å². The molecule has 0 aliphatic carbocycles. The van der Waals surface area contributed by atoms with Crippen LogP contribution in [0.15, 0.2) is 80.3 Å². The van der Waals surface area contributed by atoms with Gasteiger partial charge in [-0.05, 0) is 41.8 Å². The molecule has 2 N–H and O–H groups in total. The molecule has 0 bridgehead atoms. The number of hydrogen-bond donors (Lipinski definition) is 2. The largest absolute Gasteiger partial charge is 0.742 e. The van der Waals surface area contributed by atoms with Crippen molar-refractivity contribution in [3.05, 3.63) is 81.9 Å². The summed E-state index contributed by atoms with van der Waals surface area (Å²) in [5.74, 6) is -1.25. The molecule has 2 amide bonds. The minimum Gasteiger partial charge on any atom is -0.742 e. The Morgan fingerprint density at radius 3 is 2.47 bits per heavy atom. The maximum absolute atomic E-state index is 12.5. The molecule has 0 radical (unpaired) electrons. The molecule has 0 aliphatic heterocycles. The Balaban J connectivity index is 1.74. The molecule has 0 unspecified atom stereocenters. The van der Waals surface area contributed by atoms with E-state index < -0.39 is 27.0 Å². The number of thiophene rings is 1. The number of amides is 2. The molecule has 154 valence electrons. The number of carbonyl (C=O) groups is 2. The molecule has 0 atom stereocenters. The van der Waals surface area contributed by atoms with Gasteiger partial charge in [0.15, 0.2) is 10.1 Å². The highest BCUT2D eigenvalue weighted by molar-refractivity contribution is 7.85. The predicted molar refractivity (Wildman–Crippen MR) is 109 cm³/mol. The van der Waals surface area contributed by atoms with Gasteiger partial charge in [-0.3, -0.25) is 9.59 Å². The second kappa shape index (κ2) is 9.31. The lowest BCUT2D eigenvalue weighted by Gasteiger charge is -2.08. The third kappa shape index (κ3) is 5.73. The van der Waals surface area contributed by atoms with E-state index >= 15 is 0 Å². The molecule has 0 saturated heterocycles. The zero-order chi connectivity index (χ0) is 21.6. The first-order valence-corrected chi connectivity index (χ1v) is 10.6. The fourth-order valence-electron chi connectivity index (χ4n) is 2.21. The summed E-state index contributed by atoms with van der Waals surface area (Å²) in [4.78, 5) is 25.7. The molecule has 3 aromatic rings. The van der Waals surface area contributed by atoms with E-state index in [0.29, 0.717) is 5.56 Å². The van der Waals surface area contributed by atoms with Gasteiger partial charge < -0.3 is 14.3 Å². The molecule has 0 fully saturated rings. The van der Waals surface area contributed by atoms with E-state index in [9.17, 15) is 22.6 Å². The smallest absolute Gasteiger partial charge is 0.287 e. The van der Waals surface area contributed by atoms with E-state index in [0.717, 1.165) is 17.2 Å². The highest BCUT2D eigenvalue weighted by Crippen LogP contribution is 2.14. The van der Waals surface area contributed by atoms with Crippen molar-refractivity contribution in [3.63, 3.8) is 0 Å². The summed E-state index contributed by atoms with van der Waals surface area (Å²) in [5, 5.41) is 7.26. The van der Waals surface area contributed by atoms with E-state index in [1.807, 2.05) is 5.38 Å².